The van der Waals surface area contributed by atoms with Crippen LogP contribution in [0.4, 0.5) is 0 Å². The molecule has 0 aliphatic heterocycles. The Labute approximate surface area is 161 Å². The highest BCUT2D eigenvalue weighted by atomic mass is 16.5. The van der Waals surface area contributed by atoms with Crippen LogP contribution in [-0.4, -0.2) is 19.1 Å². The van der Waals surface area contributed by atoms with Gasteiger partial charge in [-0.2, -0.15) is 0 Å². The van der Waals surface area contributed by atoms with Crippen LogP contribution in [0.25, 0.3) is 0 Å². The number of carbonyl (C=O) groups is 1. The monoisotopic (exact) mass is 367 g/mol. The zero-order valence-corrected chi connectivity index (χ0v) is 16.5. The summed E-state index contributed by atoms with van der Waals surface area (Å²) in [4.78, 5) is 12.6. The van der Waals surface area contributed by atoms with E-state index in [1.165, 1.54) is 24.0 Å². The predicted octanol–water partition coefficient (Wildman–Crippen LogP) is 4.61. The zero-order chi connectivity index (χ0) is 19.2. The van der Waals surface area contributed by atoms with Crippen LogP contribution in [0, 0.1) is 0 Å². The van der Waals surface area contributed by atoms with Crippen molar-refractivity contribution in [3.8, 4) is 11.5 Å². The van der Waals surface area contributed by atoms with Crippen LogP contribution >= 0.6 is 0 Å². The smallest absolute Gasteiger partial charge is 0.261 e. The number of aryl methyl sites for hydroxylation is 2. The third kappa shape index (κ3) is 4.82. The van der Waals surface area contributed by atoms with Crippen molar-refractivity contribution >= 4 is 5.91 Å². The normalized spacial score (nSPS) is 15.4. The molecule has 2 atom stereocenters. The molecule has 2 aromatic carbocycles. The number of amides is 1. The van der Waals surface area contributed by atoms with Gasteiger partial charge in [-0.3, -0.25) is 4.79 Å². The number of methoxy groups -OCH3 is 1. The number of hydrogen-bond acceptors (Lipinski definition) is 3. The van der Waals surface area contributed by atoms with E-state index in [0.717, 1.165) is 36.3 Å². The molecule has 144 valence electrons. The molecule has 2 aromatic rings. The summed E-state index contributed by atoms with van der Waals surface area (Å²) in [7, 11) is 1.65. The van der Waals surface area contributed by atoms with Crippen molar-refractivity contribution in [2.45, 2.75) is 58.1 Å². The maximum Gasteiger partial charge on any atom is 0.261 e. The molecule has 0 radical (unpaired) electrons. The highest BCUT2D eigenvalue weighted by Gasteiger charge is 2.20. The number of carbonyl (C=O) groups excluding carboxylic acids is 1. The highest BCUT2D eigenvalue weighted by molar-refractivity contribution is 5.81. The van der Waals surface area contributed by atoms with E-state index in [-0.39, 0.29) is 11.9 Å². The summed E-state index contributed by atoms with van der Waals surface area (Å²) in [6, 6.07) is 14.0. The van der Waals surface area contributed by atoms with Crippen molar-refractivity contribution in [3.05, 3.63) is 59.2 Å². The lowest BCUT2D eigenvalue weighted by molar-refractivity contribution is -0.128. The van der Waals surface area contributed by atoms with Crippen LogP contribution in [0.3, 0.4) is 0 Å². The Morgan fingerprint density at radius 1 is 1.04 bits per heavy atom. The Kier molecular flexibility index (Phi) is 6.38. The Bertz CT molecular complexity index is 770. The fourth-order valence-corrected chi connectivity index (χ4v) is 3.59. The van der Waals surface area contributed by atoms with Gasteiger partial charge in [0.25, 0.3) is 5.91 Å². The molecule has 4 nitrogen and oxygen atoms in total. The molecule has 0 fully saturated rings. The second-order valence-corrected chi connectivity index (χ2v) is 7.14. The van der Waals surface area contributed by atoms with Gasteiger partial charge in [0.05, 0.1) is 13.2 Å². The molecule has 0 saturated carbocycles. The molecule has 0 unspecified atom stereocenters. The molecule has 1 aliphatic rings. The van der Waals surface area contributed by atoms with Crippen molar-refractivity contribution in [2.24, 2.45) is 0 Å². The maximum absolute atomic E-state index is 12.6. The lowest BCUT2D eigenvalue weighted by atomic mass is 9.92. The van der Waals surface area contributed by atoms with Crippen LogP contribution in [0.5, 0.6) is 11.5 Å². The van der Waals surface area contributed by atoms with Crippen LogP contribution in [0.1, 0.15) is 55.8 Å². The third-order valence-electron chi connectivity index (χ3n) is 5.24. The predicted molar refractivity (Wildman–Crippen MR) is 107 cm³/mol. The van der Waals surface area contributed by atoms with E-state index in [9.17, 15) is 4.79 Å². The molecule has 1 aliphatic carbocycles. The van der Waals surface area contributed by atoms with Crippen LogP contribution in [-0.2, 0) is 17.6 Å². The summed E-state index contributed by atoms with van der Waals surface area (Å²) in [5, 5.41) is 3.10. The van der Waals surface area contributed by atoms with Gasteiger partial charge in [-0.25, -0.2) is 0 Å². The summed E-state index contributed by atoms with van der Waals surface area (Å²) in [6.07, 6.45) is 5.00. The first-order valence-corrected chi connectivity index (χ1v) is 9.83. The van der Waals surface area contributed by atoms with E-state index in [1.54, 1.807) is 14.0 Å². The van der Waals surface area contributed by atoms with Crippen molar-refractivity contribution in [1.29, 1.82) is 0 Å². The number of rotatable bonds is 7. The number of hydrogen-bond donors (Lipinski definition) is 1. The second kappa shape index (κ2) is 8.94. The number of fused-ring (bicyclic) bond motifs is 1. The molecular weight excluding hydrogens is 338 g/mol. The van der Waals surface area contributed by atoms with E-state index in [1.807, 2.05) is 30.3 Å². The first-order valence-electron chi connectivity index (χ1n) is 9.83. The summed E-state index contributed by atoms with van der Waals surface area (Å²) >= 11 is 0. The van der Waals surface area contributed by atoms with Crippen molar-refractivity contribution in [3.63, 3.8) is 0 Å². The SMILES string of the molecule is CC[C@@H](NC(=O)[C@@H](C)Oc1ccc2c(c1)CCCC2)c1ccc(OC)cc1. The van der Waals surface area contributed by atoms with Gasteiger partial charge in [0.15, 0.2) is 6.10 Å². The summed E-state index contributed by atoms with van der Waals surface area (Å²) < 4.78 is 11.1. The quantitative estimate of drug-likeness (QED) is 0.777. The summed E-state index contributed by atoms with van der Waals surface area (Å²) in [5.74, 6) is 1.48. The Hall–Kier alpha value is -2.49. The second-order valence-electron chi connectivity index (χ2n) is 7.14. The number of ether oxygens (including phenoxy) is 2. The minimum absolute atomic E-state index is 0.0435. The van der Waals surface area contributed by atoms with Gasteiger partial charge in [0.2, 0.25) is 0 Å². The lowest BCUT2D eigenvalue weighted by Gasteiger charge is -2.22. The van der Waals surface area contributed by atoms with E-state index < -0.39 is 6.10 Å². The van der Waals surface area contributed by atoms with Gasteiger partial charge in [-0.15, -0.1) is 0 Å². The molecular formula is C23H29NO3. The van der Waals surface area contributed by atoms with Crippen LogP contribution < -0.4 is 14.8 Å². The highest BCUT2D eigenvalue weighted by Crippen LogP contribution is 2.26. The van der Waals surface area contributed by atoms with E-state index >= 15 is 0 Å². The first kappa shape index (κ1) is 19.3. The molecule has 0 aromatic heterocycles. The lowest BCUT2D eigenvalue weighted by Crippen LogP contribution is -2.38. The molecule has 0 saturated heterocycles. The van der Waals surface area contributed by atoms with Crippen molar-refractivity contribution in [1.82, 2.24) is 5.32 Å². The fraction of sp³-hybridized carbons (Fsp3) is 0.435. The molecule has 0 spiro atoms. The van der Waals surface area contributed by atoms with Gasteiger partial charge in [0.1, 0.15) is 11.5 Å². The Morgan fingerprint density at radius 2 is 1.70 bits per heavy atom. The molecule has 1 N–H and O–H groups in total. The largest absolute Gasteiger partial charge is 0.497 e. The number of benzene rings is 2. The summed E-state index contributed by atoms with van der Waals surface area (Å²) in [5.41, 5.74) is 3.83. The van der Waals surface area contributed by atoms with Gasteiger partial charge in [0, 0.05) is 0 Å². The average molecular weight is 367 g/mol. The zero-order valence-electron chi connectivity index (χ0n) is 16.5. The maximum atomic E-state index is 12.6. The van der Waals surface area contributed by atoms with E-state index in [0.29, 0.717) is 0 Å². The van der Waals surface area contributed by atoms with Gasteiger partial charge in [-0.1, -0.05) is 25.1 Å². The van der Waals surface area contributed by atoms with Gasteiger partial charge < -0.3 is 14.8 Å². The fourth-order valence-electron chi connectivity index (χ4n) is 3.59. The topological polar surface area (TPSA) is 47.6 Å². The number of nitrogens with one attached hydrogen (secondary N) is 1. The van der Waals surface area contributed by atoms with Crippen molar-refractivity contribution in [2.75, 3.05) is 7.11 Å². The van der Waals surface area contributed by atoms with Crippen LogP contribution in [0.2, 0.25) is 0 Å². The molecule has 4 heteroatoms. The summed E-state index contributed by atoms with van der Waals surface area (Å²) in [6.45, 7) is 3.86. The van der Waals surface area contributed by atoms with Gasteiger partial charge in [-0.05, 0) is 80.0 Å². The minimum Gasteiger partial charge on any atom is -0.497 e. The minimum atomic E-state index is -0.543. The average Bonchev–Trinajstić information content (AvgIpc) is 2.71. The molecule has 3 rings (SSSR count). The van der Waals surface area contributed by atoms with Crippen molar-refractivity contribution < 1.29 is 14.3 Å². The molecule has 0 bridgehead atoms. The Morgan fingerprint density at radius 3 is 2.37 bits per heavy atom. The van der Waals surface area contributed by atoms with E-state index in [4.69, 9.17) is 9.47 Å². The van der Waals surface area contributed by atoms with E-state index in [2.05, 4.69) is 24.4 Å². The molecule has 1 amide bonds. The van der Waals surface area contributed by atoms with Crippen LogP contribution in [0.15, 0.2) is 42.5 Å². The Balaban J connectivity index is 1.62. The molecule has 27 heavy (non-hydrogen) atoms. The van der Waals surface area contributed by atoms with Gasteiger partial charge >= 0.3 is 0 Å². The third-order valence-corrected chi connectivity index (χ3v) is 5.24. The molecule has 0 heterocycles. The first-order chi connectivity index (χ1) is 13.1. The standard InChI is InChI=1S/C23H29NO3/c1-4-22(18-10-12-20(26-3)13-11-18)24-23(25)16(2)27-21-14-9-17-7-5-6-8-19(17)15-21/h9-16,22H,4-8H2,1-3H3,(H,24,25)/t16-,22-/m1/s1.